The molecule has 2 atom stereocenters. The van der Waals surface area contributed by atoms with Crippen molar-refractivity contribution in [3.63, 3.8) is 0 Å². The maximum absolute atomic E-state index is 12.8. The van der Waals surface area contributed by atoms with Crippen molar-refractivity contribution >= 4 is 18.9 Å². The van der Waals surface area contributed by atoms with Gasteiger partial charge >= 0.3 is 13.1 Å². The molecule has 0 bridgehead atoms. The minimum absolute atomic E-state index is 0.0334. The van der Waals surface area contributed by atoms with Gasteiger partial charge in [0.05, 0.1) is 5.56 Å². The van der Waals surface area contributed by atoms with E-state index in [4.69, 9.17) is 4.65 Å². The SMILES string of the molecule is CCCCCC1NCc2cc(CC(=O)C[C@H]3Cc4cccc(C(=O)O)c4OB3O)ccc21. The summed E-state index contributed by atoms with van der Waals surface area (Å²) in [7, 11) is -1.19. The highest BCUT2D eigenvalue weighted by molar-refractivity contribution is 6.47. The number of hydrogen-bond acceptors (Lipinski definition) is 5. The van der Waals surface area contributed by atoms with Crippen LogP contribution in [0.3, 0.4) is 0 Å². The lowest BCUT2D eigenvalue weighted by Crippen LogP contribution is -2.36. The van der Waals surface area contributed by atoms with Crippen LogP contribution in [0.25, 0.3) is 0 Å². The van der Waals surface area contributed by atoms with Crippen LogP contribution in [-0.2, 0) is 24.2 Å². The van der Waals surface area contributed by atoms with Crippen LogP contribution in [-0.4, -0.2) is 29.0 Å². The number of para-hydroxylation sites is 1. The molecular formula is C25H30BNO5. The normalized spacial score (nSPS) is 19.2. The highest BCUT2D eigenvalue weighted by atomic mass is 16.5. The summed E-state index contributed by atoms with van der Waals surface area (Å²) in [6.45, 7) is 3.05. The molecule has 2 aromatic rings. The standard InChI is InChI=1S/C25H30BNO5/c1-2-3-4-8-23-21-10-9-16(11-18(21)15-27-23)12-20(28)14-19-13-17-6-5-7-22(25(29)30)24(17)32-26(19)31/h5-7,9-11,19,23,27,31H,2-4,8,12-15H2,1H3,(H,29,30)/t19-,23?/m1/s1. The molecule has 6 nitrogen and oxygen atoms in total. The van der Waals surface area contributed by atoms with Crippen LogP contribution >= 0.6 is 0 Å². The maximum Gasteiger partial charge on any atom is 0.526 e. The van der Waals surface area contributed by atoms with Crippen LogP contribution in [0, 0.1) is 0 Å². The molecule has 0 amide bonds. The van der Waals surface area contributed by atoms with Gasteiger partial charge in [-0.1, -0.05) is 56.5 Å². The van der Waals surface area contributed by atoms with E-state index in [9.17, 15) is 19.7 Å². The molecule has 7 heteroatoms. The lowest BCUT2D eigenvalue weighted by Gasteiger charge is -2.28. The second-order valence-electron chi connectivity index (χ2n) is 8.95. The van der Waals surface area contributed by atoms with Gasteiger partial charge in [0.25, 0.3) is 0 Å². The predicted molar refractivity (Wildman–Crippen MR) is 123 cm³/mol. The summed E-state index contributed by atoms with van der Waals surface area (Å²) < 4.78 is 5.51. The summed E-state index contributed by atoms with van der Waals surface area (Å²) in [5.41, 5.74) is 4.36. The van der Waals surface area contributed by atoms with Crippen LogP contribution in [0.4, 0.5) is 0 Å². The first-order chi connectivity index (χ1) is 15.5. The van der Waals surface area contributed by atoms with Gasteiger partial charge in [-0.05, 0) is 41.2 Å². The Hall–Kier alpha value is -2.64. The largest absolute Gasteiger partial charge is 0.535 e. The Kier molecular flexibility index (Phi) is 6.96. The molecule has 0 aliphatic carbocycles. The Morgan fingerprint density at radius 1 is 1.19 bits per heavy atom. The molecule has 2 aromatic carbocycles. The summed E-state index contributed by atoms with van der Waals surface area (Å²) in [4.78, 5) is 24.2. The number of ketones is 1. The fourth-order valence-corrected chi connectivity index (χ4v) is 4.88. The van der Waals surface area contributed by atoms with Crippen LogP contribution in [0.1, 0.15) is 77.7 Å². The first-order valence-electron chi connectivity index (χ1n) is 11.5. The van der Waals surface area contributed by atoms with Crippen LogP contribution < -0.4 is 9.97 Å². The van der Waals surface area contributed by atoms with E-state index in [0.717, 1.165) is 18.5 Å². The summed E-state index contributed by atoms with van der Waals surface area (Å²) in [5.74, 6) is -1.24. The number of rotatable bonds is 9. The topological polar surface area (TPSA) is 95.9 Å². The van der Waals surface area contributed by atoms with Crippen molar-refractivity contribution < 1.29 is 24.4 Å². The van der Waals surface area contributed by atoms with E-state index in [-0.39, 0.29) is 23.5 Å². The van der Waals surface area contributed by atoms with Gasteiger partial charge in [0.2, 0.25) is 0 Å². The maximum atomic E-state index is 12.8. The highest BCUT2D eigenvalue weighted by Crippen LogP contribution is 2.36. The summed E-state index contributed by atoms with van der Waals surface area (Å²) in [6.07, 6.45) is 5.75. The van der Waals surface area contributed by atoms with Crippen molar-refractivity contribution in [2.45, 2.75) is 70.3 Å². The lowest BCUT2D eigenvalue weighted by molar-refractivity contribution is -0.118. The number of fused-ring (bicyclic) bond motifs is 2. The van der Waals surface area contributed by atoms with Crippen LogP contribution in [0.2, 0.25) is 5.82 Å². The van der Waals surface area contributed by atoms with Crippen molar-refractivity contribution in [2.75, 3.05) is 0 Å². The molecule has 168 valence electrons. The van der Waals surface area contributed by atoms with E-state index in [2.05, 4.69) is 24.4 Å². The third kappa shape index (κ3) is 4.89. The fourth-order valence-electron chi connectivity index (χ4n) is 4.88. The van der Waals surface area contributed by atoms with Crippen molar-refractivity contribution in [3.8, 4) is 5.75 Å². The monoisotopic (exact) mass is 435 g/mol. The molecule has 3 N–H and O–H groups in total. The molecule has 4 rings (SSSR count). The van der Waals surface area contributed by atoms with Gasteiger partial charge in [-0.15, -0.1) is 0 Å². The average Bonchev–Trinajstić information content (AvgIpc) is 3.16. The third-order valence-corrected chi connectivity index (χ3v) is 6.56. The van der Waals surface area contributed by atoms with E-state index in [0.29, 0.717) is 24.4 Å². The molecule has 0 aromatic heterocycles. The molecule has 2 heterocycles. The average molecular weight is 435 g/mol. The minimum Gasteiger partial charge on any atom is -0.535 e. The van der Waals surface area contributed by atoms with E-state index in [1.54, 1.807) is 12.1 Å². The number of Topliss-reactive ketones (excluding diaryl/α,β-unsaturated/α-hetero) is 1. The van der Waals surface area contributed by atoms with Gasteiger partial charge in [-0.2, -0.15) is 0 Å². The number of benzene rings is 2. The van der Waals surface area contributed by atoms with Gasteiger partial charge in [0.1, 0.15) is 11.5 Å². The van der Waals surface area contributed by atoms with Crippen molar-refractivity contribution in [1.29, 1.82) is 0 Å². The second-order valence-corrected chi connectivity index (χ2v) is 8.95. The Morgan fingerprint density at radius 3 is 2.81 bits per heavy atom. The number of nitrogens with one attached hydrogen (secondary N) is 1. The summed E-state index contributed by atoms with van der Waals surface area (Å²) in [5, 5.41) is 23.3. The quantitative estimate of drug-likeness (QED) is 0.406. The first kappa shape index (κ1) is 22.6. The molecule has 0 fully saturated rings. The Morgan fingerprint density at radius 2 is 2.03 bits per heavy atom. The Labute approximate surface area is 189 Å². The zero-order chi connectivity index (χ0) is 22.7. The van der Waals surface area contributed by atoms with Crippen molar-refractivity contribution in [1.82, 2.24) is 5.32 Å². The fraction of sp³-hybridized carbons (Fsp3) is 0.440. The van der Waals surface area contributed by atoms with Gasteiger partial charge in [0, 0.05) is 31.2 Å². The van der Waals surface area contributed by atoms with Gasteiger partial charge in [-0.3, -0.25) is 4.79 Å². The highest BCUT2D eigenvalue weighted by Gasteiger charge is 2.37. The molecule has 1 unspecified atom stereocenters. The molecule has 0 spiro atoms. The molecule has 32 heavy (non-hydrogen) atoms. The smallest absolute Gasteiger partial charge is 0.526 e. The van der Waals surface area contributed by atoms with E-state index >= 15 is 0 Å². The van der Waals surface area contributed by atoms with E-state index in [1.807, 2.05) is 6.07 Å². The molecule has 2 aliphatic rings. The van der Waals surface area contributed by atoms with Crippen LogP contribution in [0.15, 0.2) is 36.4 Å². The Bertz CT molecular complexity index is 1010. The van der Waals surface area contributed by atoms with Gasteiger partial charge in [0.15, 0.2) is 0 Å². The third-order valence-electron chi connectivity index (χ3n) is 6.56. The number of carboxylic acid groups (broad SMARTS) is 1. The van der Waals surface area contributed by atoms with E-state index < -0.39 is 18.9 Å². The van der Waals surface area contributed by atoms with Crippen molar-refractivity contribution in [2.24, 2.45) is 0 Å². The second kappa shape index (κ2) is 9.88. The molecule has 0 radical (unpaired) electrons. The summed E-state index contributed by atoms with van der Waals surface area (Å²) in [6, 6.07) is 11.6. The van der Waals surface area contributed by atoms with Gasteiger partial charge in [-0.25, -0.2) is 4.79 Å². The number of carbonyl (C=O) groups excluding carboxylic acids is 1. The number of hydrogen-bond donors (Lipinski definition) is 3. The van der Waals surface area contributed by atoms with Crippen molar-refractivity contribution in [3.05, 3.63) is 64.2 Å². The molecular weight excluding hydrogens is 405 g/mol. The molecule has 2 aliphatic heterocycles. The predicted octanol–water partition coefficient (Wildman–Crippen LogP) is 4.10. The lowest BCUT2D eigenvalue weighted by atomic mass is 9.64. The minimum atomic E-state index is -1.19. The number of carbonyl (C=O) groups is 2. The van der Waals surface area contributed by atoms with E-state index in [1.165, 1.54) is 36.5 Å². The zero-order valence-electron chi connectivity index (χ0n) is 18.5. The van der Waals surface area contributed by atoms with Gasteiger partial charge < -0.3 is 20.1 Å². The zero-order valence-corrected chi connectivity index (χ0v) is 18.5. The van der Waals surface area contributed by atoms with Crippen LogP contribution in [0.5, 0.6) is 5.75 Å². The number of unbranched alkanes of at least 4 members (excludes halogenated alkanes) is 2. The summed E-state index contributed by atoms with van der Waals surface area (Å²) >= 11 is 0. The number of aromatic carboxylic acids is 1. The Balaban J connectivity index is 1.37. The first-order valence-corrected chi connectivity index (χ1v) is 11.5. The molecule has 0 saturated heterocycles. The number of carboxylic acids is 1. The molecule has 0 saturated carbocycles.